The Balaban J connectivity index is 2.04. The normalized spacial score (nSPS) is 10.7. The molecule has 3 rings (SSSR count). The summed E-state index contributed by atoms with van der Waals surface area (Å²) < 4.78 is 11.5. The van der Waals surface area contributed by atoms with Crippen LogP contribution in [-0.2, 0) is 11.3 Å². The summed E-state index contributed by atoms with van der Waals surface area (Å²) in [6.45, 7) is 2.13. The van der Waals surface area contributed by atoms with Crippen LogP contribution in [0, 0.1) is 6.92 Å². The largest absolute Gasteiger partial charge is 0.497 e. The molecule has 0 radical (unpaired) electrons. The fraction of sp³-hybridized carbons (Fsp3) is 0.211. The van der Waals surface area contributed by atoms with Gasteiger partial charge in [-0.25, -0.2) is 4.79 Å². The first-order chi connectivity index (χ1) is 12.0. The van der Waals surface area contributed by atoms with Crippen LogP contribution in [0.4, 0.5) is 0 Å². The predicted octanol–water partition coefficient (Wildman–Crippen LogP) is 2.55. The number of ether oxygens (including phenoxy) is 2. The molecule has 0 unspecified atom stereocenters. The van der Waals surface area contributed by atoms with Crippen LogP contribution in [0.2, 0.25) is 0 Å². The Hall–Kier alpha value is -3.15. The zero-order valence-electron chi connectivity index (χ0n) is 14.3. The van der Waals surface area contributed by atoms with Crippen molar-refractivity contribution >= 4 is 16.9 Å². The van der Waals surface area contributed by atoms with Crippen molar-refractivity contribution in [3.63, 3.8) is 0 Å². The third-order valence-corrected chi connectivity index (χ3v) is 4.06. The molecule has 0 fully saturated rings. The lowest BCUT2D eigenvalue weighted by Crippen LogP contribution is -2.21. The van der Waals surface area contributed by atoms with Gasteiger partial charge in [-0.1, -0.05) is 12.1 Å². The van der Waals surface area contributed by atoms with E-state index in [9.17, 15) is 9.59 Å². The molecule has 0 saturated heterocycles. The van der Waals surface area contributed by atoms with Crippen molar-refractivity contribution in [2.75, 3.05) is 14.2 Å². The highest BCUT2D eigenvalue weighted by Gasteiger charge is 2.14. The predicted molar refractivity (Wildman–Crippen MR) is 94.2 cm³/mol. The molecule has 2 aromatic heterocycles. The summed E-state index contributed by atoms with van der Waals surface area (Å²) in [7, 11) is 2.91. The van der Waals surface area contributed by atoms with Crippen LogP contribution in [-0.4, -0.2) is 29.7 Å². The van der Waals surface area contributed by atoms with Crippen molar-refractivity contribution in [2.24, 2.45) is 0 Å². The average molecular weight is 338 g/mol. The lowest BCUT2D eigenvalue weighted by atomic mass is 10.1. The fourth-order valence-corrected chi connectivity index (χ4v) is 2.67. The summed E-state index contributed by atoms with van der Waals surface area (Å²) in [5.41, 5.74) is 2.16. The highest BCUT2D eigenvalue weighted by Crippen LogP contribution is 2.16. The number of aromatic nitrogens is 2. The standard InChI is InChI=1S/C19H18N2O4/c1-12-15(19(23)25-3)10-16-17(20-12)8-9-21(18(16)22)11-13-4-6-14(24-2)7-5-13/h4-10H,11H2,1-3H3. The van der Waals surface area contributed by atoms with Crippen LogP contribution < -0.4 is 10.3 Å². The van der Waals surface area contributed by atoms with Gasteiger partial charge in [0.15, 0.2) is 0 Å². The van der Waals surface area contributed by atoms with Crippen LogP contribution in [0.15, 0.2) is 47.4 Å². The van der Waals surface area contributed by atoms with Crippen molar-refractivity contribution in [3.05, 3.63) is 69.8 Å². The number of benzene rings is 1. The molecule has 0 amide bonds. The van der Waals surface area contributed by atoms with E-state index in [1.54, 1.807) is 36.9 Å². The van der Waals surface area contributed by atoms with Gasteiger partial charge in [-0.05, 0) is 36.8 Å². The van der Waals surface area contributed by atoms with Gasteiger partial charge in [0.05, 0.1) is 42.9 Å². The average Bonchev–Trinajstić information content (AvgIpc) is 2.63. The monoisotopic (exact) mass is 338 g/mol. The van der Waals surface area contributed by atoms with Crippen molar-refractivity contribution in [2.45, 2.75) is 13.5 Å². The number of rotatable bonds is 4. The van der Waals surface area contributed by atoms with Gasteiger partial charge in [0.1, 0.15) is 5.75 Å². The van der Waals surface area contributed by atoms with E-state index >= 15 is 0 Å². The Morgan fingerprint density at radius 1 is 1.16 bits per heavy atom. The number of hydrogen-bond acceptors (Lipinski definition) is 5. The molecule has 2 heterocycles. The molecular formula is C19H18N2O4. The van der Waals surface area contributed by atoms with Crippen molar-refractivity contribution in [3.8, 4) is 5.75 Å². The molecule has 1 aromatic carbocycles. The minimum atomic E-state index is -0.503. The third-order valence-electron chi connectivity index (χ3n) is 4.06. The molecular weight excluding hydrogens is 320 g/mol. The second-order valence-electron chi connectivity index (χ2n) is 5.64. The van der Waals surface area contributed by atoms with Gasteiger partial charge >= 0.3 is 5.97 Å². The zero-order valence-corrected chi connectivity index (χ0v) is 14.3. The highest BCUT2D eigenvalue weighted by atomic mass is 16.5. The zero-order chi connectivity index (χ0) is 18.0. The van der Waals surface area contributed by atoms with E-state index in [-0.39, 0.29) is 5.56 Å². The van der Waals surface area contributed by atoms with E-state index in [4.69, 9.17) is 9.47 Å². The molecule has 0 aliphatic carbocycles. The third kappa shape index (κ3) is 3.24. The molecule has 0 bridgehead atoms. The molecule has 6 nitrogen and oxygen atoms in total. The van der Waals surface area contributed by atoms with E-state index in [1.807, 2.05) is 24.3 Å². The van der Waals surface area contributed by atoms with Crippen LogP contribution in [0.3, 0.4) is 0 Å². The summed E-state index contributed by atoms with van der Waals surface area (Å²) in [6.07, 6.45) is 1.71. The number of aryl methyl sites for hydroxylation is 1. The van der Waals surface area contributed by atoms with E-state index in [0.29, 0.717) is 28.7 Å². The maximum Gasteiger partial charge on any atom is 0.339 e. The van der Waals surface area contributed by atoms with Gasteiger partial charge < -0.3 is 14.0 Å². The Morgan fingerprint density at radius 3 is 2.52 bits per heavy atom. The second kappa shape index (κ2) is 6.76. The first-order valence-electron chi connectivity index (χ1n) is 7.75. The minimum absolute atomic E-state index is 0.203. The number of carbonyl (C=O) groups is 1. The van der Waals surface area contributed by atoms with Crippen LogP contribution >= 0.6 is 0 Å². The summed E-state index contributed by atoms with van der Waals surface area (Å²) in [5, 5.41) is 0.391. The number of methoxy groups -OCH3 is 2. The number of hydrogen-bond donors (Lipinski definition) is 0. The quantitative estimate of drug-likeness (QED) is 0.684. The SMILES string of the molecule is COC(=O)c1cc2c(=O)n(Cc3ccc(OC)cc3)ccc2nc1C. The molecule has 0 aliphatic rings. The maximum atomic E-state index is 12.8. The van der Waals surface area contributed by atoms with Gasteiger partial charge in [0.2, 0.25) is 0 Å². The van der Waals surface area contributed by atoms with E-state index in [1.165, 1.54) is 7.11 Å². The van der Waals surface area contributed by atoms with Gasteiger partial charge in [0, 0.05) is 6.20 Å². The molecule has 128 valence electrons. The van der Waals surface area contributed by atoms with Crippen LogP contribution in [0.25, 0.3) is 10.9 Å². The summed E-state index contributed by atoms with van der Waals surface area (Å²) in [6, 6.07) is 10.8. The molecule has 0 saturated carbocycles. The van der Waals surface area contributed by atoms with E-state index in [2.05, 4.69) is 4.98 Å². The van der Waals surface area contributed by atoms with Crippen LogP contribution in [0.5, 0.6) is 5.75 Å². The summed E-state index contributed by atoms with van der Waals surface area (Å²) in [5.74, 6) is 0.258. The molecule has 0 aliphatic heterocycles. The van der Waals surface area contributed by atoms with Gasteiger partial charge in [-0.15, -0.1) is 0 Å². The summed E-state index contributed by atoms with van der Waals surface area (Å²) >= 11 is 0. The first kappa shape index (κ1) is 16.7. The topological polar surface area (TPSA) is 70.4 Å². The van der Waals surface area contributed by atoms with Crippen molar-refractivity contribution in [1.82, 2.24) is 9.55 Å². The first-order valence-corrected chi connectivity index (χ1v) is 7.75. The Kier molecular flexibility index (Phi) is 4.52. The molecule has 0 spiro atoms. The maximum absolute atomic E-state index is 12.8. The molecule has 25 heavy (non-hydrogen) atoms. The lowest BCUT2D eigenvalue weighted by Gasteiger charge is -2.10. The number of nitrogens with zero attached hydrogens (tertiary/aromatic N) is 2. The number of pyridine rings is 2. The molecule has 0 atom stereocenters. The Labute approximate surface area is 144 Å². The smallest absolute Gasteiger partial charge is 0.339 e. The van der Waals surface area contributed by atoms with Gasteiger partial charge in [-0.2, -0.15) is 0 Å². The number of fused-ring (bicyclic) bond motifs is 1. The van der Waals surface area contributed by atoms with Crippen molar-refractivity contribution < 1.29 is 14.3 Å². The summed E-state index contributed by atoms with van der Waals surface area (Å²) in [4.78, 5) is 29.0. The van der Waals surface area contributed by atoms with Gasteiger partial charge in [0.25, 0.3) is 5.56 Å². The van der Waals surface area contributed by atoms with Gasteiger partial charge in [-0.3, -0.25) is 9.78 Å². The molecule has 3 aromatic rings. The lowest BCUT2D eigenvalue weighted by molar-refractivity contribution is 0.0599. The number of esters is 1. The minimum Gasteiger partial charge on any atom is -0.497 e. The van der Waals surface area contributed by atoms with E-state index in [0.717, 1.165) is 11.3 Å². The second-order valence-corrected chi connectivity index (χ2v) is 5.64. The van der Waals surface area contributed by atoms with E-state index < -0.39 is 5.97 Å². The Morgan fingerprint density at radius 2 is 1.88 bits per heavy atom. The Bertz CT molecular complexity index is 991. The molecule has 6 heteroatoms. The molecule has 0 N–H and O–H groups in total. The fourth-order valence-electron chi connectivity index (χ4n) is 2.67. The highest BCUT2D eigenvalue weighted by molar-refractivity contribution is 5.94. The van der Waals surface area contributed by atoms with Crippen molar-refractivity contribution in [1.29, 1.82) is 0 Å². The number of carbonyl (C=O) groups excluding carboxylic acids is 1. The van der Waals surface area contributed by atoms with Crippen LogP contribution in [0.1, 0.15) is 21.6 Å².